The Morgan fingerprint density at radius 2 is 1.69 bits per heavy atom. The zero-order chi connectivity index (χ0) is 18.0. The van der Waals surface area contributed by atoms with Crippen LogP contribution in [0.2, 0.25) is 0 Å². The van der Waals surface area contributed by atoms with Crippen LogP contribution < -0.4 is 14.2 Å². The van der Waals surface area contributed by atoms with Crippen LogP contribution in [0.4, 0.5) is 5.69 Å². The summed E-state index contributed by atoms with van der Waals surface area (Å²) < 4.78 is 39.5. The van der Waals surface area contributed by atoms with Gasteiger partial charge in [0.05, 0.1) is 17.2 Å². The lowest BCUT2D eigenvalue weighted by molar-refractivity contribution is 0.356. The van der Waals surface area contributed by atoms with Crippen LogP contribution in [0.5, 0.6) is 17.2 Å². The van der Waals surface area contributed by atoms with Crippen molar-refractivity contribution in [3.05, 3.63) is 78.4 Å². The Balaban J connectivity index is 1.62. The quantitative estimate of drug-likeness (QED) is 0.733. The van der Waals surface area contributed by atoms with E-state index >= 15 is 0 Å². The molecule has 1 aliphatic rings. The van der Waals surface area contributed by atoms with Gasteiger partial charge in [-0.2, -0.15) is 0 Å². The van der Waals surface area contributed by atoms with Gasteiger partial charge in [0.2, 0.25) is 0 Å². The molecule has 0 fully saturated rings. The largest absolute Gasteiger partial charge is 0.493 e. The number of rotatable bonds is 5. The van der Waals surface area contributed by atoms with Crippen LogP contribution in [0.15, 0.2) is 77.7 Å². The van der Waals surface area contributed by atoms with Crippen LogP contribution in [0, 0.1) is 0 Å². The fraction of sp³-hybridized carbons (Fsp3) is 0.100. The second-order valence-electron chi connectivity index (χ2n) is 5.88. The summed E-state index contributed by atoms with van der Waals surface area (Å²) in [6.07, 6.45) is 0.715. The van der Waals surface area contributed by atoms with E-state index in [1.807, 2.05) is 30.3 Å². The van der Waals surface area contributed by atoms with E-state index < -0.39 is 10.0 Å². The van der Waals surface area contributed by atoms with Crippen molar-refractivity contribution < 1.29 is 17.9 Å². The van der Waals surface area contributed by atoms with E-state index in [2.05, 4.69) is 4.72 Å². The predicted molar refractivity (Wildman–Crippen MR) is 99.4 cm³/mol. The highest BCUT2D eigenvalue weighted by Crippen LogP contribution is 2.32. The molecule has 26 heavy (non-hydrogen) atoms. The van der Waals surface area contributed by atoms with Crippen LogP contribution in [-0.4, -0.2) is 15.0 Å². The van der Waals surface area contributed by atoms with Crippen LogP contribution in [0.1, 0.15) is 5.56 Å². The smallest absolute Gasteiger partial charge is 0.262 e. The SMILES string of the molecule is O=S(=O)(Nc1ccccc1Oc1ccccc1)c1ccc2c(c1)CCO2. The Morgan fingerprint density at radius 3 is 2.54 bits per heavy atom. The average Bonchev–Trinajstić information content (AvgIpc) is 3.12. The molecule has 0 spiro atoms. The molecular formula is C20H17NO4S. The third-order valence-electron chi connectivity index (χ3n) is 4.07. The molecule has 1 aliphatic heterocycles. The van der Waals surface area contributed by atoms with Crippen molar-refractivity contribution in [1.29, 1.82) is 0 Å². The maximum Gasteiger partial charge on any atom is 0.262 e. The molecule has 0 bridgehead atoms. The third kappa shape index (κ3) is 3.36. The Labute approximate surface area is 152 Å². The summed E-state index contributed by atoms with van der Waals surface area (Å²) in [5.74, 6) is 1.82. The van der Waals surface area contributed by atoms with Crippen LogP contribution in [-0.2, 0) is 16.4 Å². The number of sulfonamides is 1. The Bertz CT molecular complexity index is 1030. The van der Waals surface area contributed by atoms with Crippen molar-refractivity contribution >= 4 is 15.7 Å². The van der Waals surface area contributed by atoms with E-state index in [0.29, 0.717) is 30.2 Å². The number of para-hydroxylation sites is 3. The molecule has 0 saturated heterocycles. The maximum absolute atomic E-state index is 12.8. The molecule has 0 aliphatic carbocycles. The summed E-state index contributed by atoms with van der Waals surface area (Å²) >= 11 is 0. The van der Waals surface area contributed by atoms with Gasteiger partial charge in [-0.15, -0.1) is 0 Å². The van der Waals surface area contributed by atoms with Gasteiger partial charge in [0.25, 0.3) is 10.0 Å². The van der Waals surface area contributed by atoms with Crippen molar-refractivity contribution in [2.45, 2.75) is 11.3 Å². The number of hydrogen-bond acceptors (Lipinski definition) is 4. The number of fused-ring (bicyclic) bond motifs is 1. The molecule has 3 aromatic carbocycles. The first-order valence-corrected chi connectivity index (χ1v) is 9.71. The van der Waals surface area contributed by atoms with Gasteiger partial charge < -0.3 is 9.47 Å². The highest BCUT2D eigenvalue weighted by atomic mass is 32.2. The van der Waals surface area contributed by atoms with E-state index in [0.717, 1.165) is 11.3 Å². The third-order valence-corrected chi connectivity index (χ3v) is 5.44. The highest BCUT2D eigenvalue weighted by molar-refractivity contribution is 7.92. The predicted octanol–water partition coefficient (Wildman–Crippen LogP) is 4.21. The number of benzene rings is 3. The van der Waals surface area contributed by atoms with Crippen molar-refractivity contribution in [2.75, 3.05) is 11.3 Å². The van der Waals surface area contributed by atoms with Crippen molar-refractivity contribution in [1.82, 2.24) is 0 Å². The molecule has 0 atom stereocenters. The molecule has 0 radical (unpaired) electrons. The van der Waals surface area contributed by atoms with E-state index in [1.54, 1.807) is 42.5 Å². The molecule has 0 unspecified atom stereocenters. The molecule has 1 N–H and O–H groups in total. The first kappa shape index (κ1) is 16.5. The fourth-order valence-electron chi connectivity index (χ4n) is 2.79. The molecule has 5 nitrogen and oxygen atoms in total. The van der Waals surface area contributed by atoms with Gasteiger partial charge in [0, 0.05) is 6.42 Å². The van der Waals surface area contributed by atoms with Crippen molar-refractivity contribution in [2.24, 2.45) is 0 Å². The van der Waals surface area contributed by atoms with Gasteiger partial charge in [-0.3, -0.25) is 4.72 Å². The second kappa shape index (κ2) is 6.72. The van der Waals surface area contributed by atoms with Crippen LogP contribution in [0.3, 0.4) is 0 Å². The first-order valence-electron chi connectivity index (χ1n) is 8.22. The normalized spacial score (nSPS) is 12.9. The first-order chi connectivity index (χ1) is 12.6. The number of hydrogen-bond donors (Lipinski definition) is 1. The summed E-state index contributed by atoms with van der Waals surface area (Å²) in [4.78, 5) is 0.205. The molecule has 4 rings (SSSR count). The average molecular weight is 367 g/mol. The minimum absolute atomic E-state index is 0.205. The number of nitrogens with one attached hydrogen (secondary N) is 1. The lowest BCUT2D eigenvalue weighted by atomic mass is 10.2. The molecule has 0 amide bonds. The van der Waals surface area contributed by atoms with E-state index in [1.165, 1.54) is 0 Å². The van der Waals surface area contributed by atoms with Crippen molar-refractivity contribution in [3.63, 3.8) is 0 Å². The summed E-state index contributed by atoms with van der Waals surface area (Å²) in [6.45, 7) is 0.583. The fourth-order valence-corrected chi connectivity index (χ4v) is 3.91. The zero-order valence-corrected chi connectivity index (χ0v) is 14.7. The summed E-state index contributed by atoms with van der Waals surface area (Å²) in [6, 6.07) is 21.1. The highest BCUT2D eigenvalue weighted by Gasteiger charge is 2.20. The van der Waals surface area contributed by atoms with E-state index in [-0.39, 0.29) is 4.90 Å². The summed E-state index contributed by atoms with van der Waals surface area (Å²) in [5.41, 5.74) is 1.29. The lowest BCUT2D eigenvalue weighted by Gasteiger charge is -2.14. The summed E-state index contributed by atoms with van der Waals surface area (Å²) in [5, 5.41) is 0. The molecule has 0 aromatic heterocycles. The molecule has 3 aromatic rings. The van der Waals surface area contributed by atoms with Gasteiger partial charge in [0.15, 0.2) is 5.75 Å². The monoisotopic (exact) mass is 367 g/mol. The van der Waals surface area contributed by atoms with Gasteiger partial charge in [-0.25, -0.2) is 8.42 Å². The van der Waals surface area contributed by atoms with Crippen LogP contribution in [0.25, 0.3) is 0 Å². The molecular weight excluding hydrogens is 350 g/mol. The van der Waals surface area contributed by atoms with Gasteiger partial charge in [-0.1, -0.05) is 30.3 Å². The summed E-state index contributed by atoms with van der Waals surface area (Å²) in [7, 11) is -3.74. The number of anilines is 1. The second-order valence-corrected chi connectivity index (χ2v) is 7.57. The van der Waals surface area contributed by atoms with E-state index in [9.17, 15) is 8.42 Å². The lowest BCUT2D eigenvalue weighted by Crippen LogP contribution is -2.13. The van der Waals surface area contributed by atoms with Gasteiger partial charge in [0.1, 0.15) is 11.5 Å². The van der Waals surface area contributed by atoms with Crippen LogP contribution >= 0.6 is 0 Å². The molecule has 1 heterocycles. The topological polar surface area (TPSA) is 64.6 Å². The maximum atomic E-state index is 12.8. The minimum Gasteiger partial charge on any atom is -0.493 e. The van der Waals surface area contributed by atoms with E-state index in [4.69, 9.17) is 9.47 Å². The molecule has 0 saturated carbocycles. The number of ether oxygens (including phenoxy) is 2. The molecule has 6 heteroatoms. The minimum atomic E-state index is -3.74. The van der Waals surface area contributed by atoms with Crippen molar-refractivity contribution in [3.8, 4) is 17.2 Å². The zero-order valence-electron chi connectivity index (χ0n) is 13.9. The van der Waals surface area contributed by atoms with Gasteiger partial charge >= 0.3 is 0 Å². The molecule has 132 valence electrons. The Kier molecular flexibility index (Phi) is 4.26. The Morgan fingerprint density at radius 1 is 0.923 bits per heavy atom. The Hall–Kier alpha value is -2.99. The van der Waals surface area contributed by atoms with Gasteiger partial charge in [-0.05, 0) is 48.0 Å². The standard InChI is InChI=1S/C20H17NO4S/c22-26(23,17-10-11-19-15(14-17)12-13-24-19)21-18-8-4-5-9-20(18)25-16-6-2-1-3-7-16/h1-11,14,21H,12-13H2.